The number of likely N-dealkylation sites (tertiary alicyclic amines) is 1. The van der Waals surface area contributed by atoms with Crippen molar-refractivity contribution in [1.29, 1.82) is 0 Å². The molecule has 0 amide bonds. The molecule has 0 radical (unpaired) electrons. The van der Waals surface area contributed by atoms with Crippen molar-refractivity contribution in [2.45, 2.75) is 46.0 Å². The summed E-state index contributed by atoms with van der Waals surface area (Å²) in [5, 5.41) is 8.85. The quantitative estimate of drug-likeness (QED) is 0.323. The molecule has 190 valence electrons. The van der Waals surface area contributed by atoms with Gasteiger partial charge in [0.05, 0.1) is 23.8 Å². The maximum atomic E-state index is 12.6. The molecule has 0 spiro atoms. The van der Waals surface area contributed by atoms with Gasteiger partial charge in [0.2, 0.25) is 0 Å². The smallest absolute Gasteiger partial charge is 0.254 e. The molecule has 0 atom stereocenters. The Hall–Kier alpha value is -3.04. The first kappa shape index (κ1) is 24.6. The van der Waals surface area contributed by atoms with Crippen molar-refractivity contribution in [3.8, 4) is 11.3 Å². The molecule has 1 fully saturated rings. The average molecular weight is 507 g/mol. The second-order valence-corrected chi connectivity index (χ2v) is 12.0. The number of hydrogen-bond acceptors (Lipinski definition) is 6. The van der Waals surface area contributed by atoms with Gasteiger partial charge in [-0.3, -0.25) is 0 Å². The Balaban J connectivity index is 1.28. The predicted octanol–water partition coefficient (Wildman–Crippen LogP) is 4.05. The first-order valence-corrected chi connectivity index (χ1v) is 14.4. The standard InChI is InChI=1S/C27H34N6O2S/c1-21(2)20-36(34,35)32-19-24(18-28-32)25-8-5-9-27-29-26(30-33(25)27)17-23-12-10-22(11-13-23)7-6-16-31-14-3-4-15-31/h5,8-13,18-19,21H,3-4,6-7,14-17,20H2,1-2H3. The Morgan fingerprint density at radius 1 is 1.00 bits per heavy atom. The molecule has 0 unspecified atom stereocenters. The minimum atomic E-state index is -3.49. The molecule has 0 aliphatic carbocycles. The summed E-state index contributed by atoms with van der Waals surface area (Å²) in [7, 11) is -3.49. The van der Waals surface area contributed by atoms with E-state index in [0.717, 1.165) is 27.7 Å². The highest BCUT2D eigenvalue weighted by Gasteiger charge is 2.18. The largest absolute Gasteiger partial charge is 0.303 e. The number of benzene rings is 1. The van der Waals surface area contributed by atoms with Crippen LogP contribution in [-0.2, 0) is 22.9 Å². The maximum Gasteiger partial charge on any atom is 0.254 e. The van der Waals surface area contributed by atoms with E-state index in [2.05, 4.69) is 34.3 Å². The first-order chi connectivity index (χ1) is 17.4. The molecular formula is C27H34N6O2S. The van der Waals surface area contributed by atoms with Crippen LogP contribution in [0.2, 0.25) is 0 Å². The van der Waals surface area contributed by atoms with E-state index in [1.54, 1.807) is 16.9 Å². The summed E-state index contributed by atoms with van der Waals surface area (Å²) in [5.74, 6) is 0.792. The molecule has 4 aromatic rings. The lowest BCUT2D eigenvalue weighted by molar-refractivity contribution is 0.334. The van der Waals surface area contributed by atoms with Crippen LogP contribution < -0.4 is 0 Å². The number of fused-ring (bicyclic) bond motifs is 1. The average Bonchev–Trinajstić information content (AvgIpc) is 3.60. The lowest BCUT2D eigenvalue weighted by Crippen LogP contribution is -2.20. The number of pyridine rings is 1. The predicted molar refractivity (Wildman–Crippen MR) is 141 cm³/mol. The second-order valence-electron chi connectivity index (χ2n) is 10.1. The van der Waals surface area contributed by atoms with Crippen molar-refractivity contribution in [3.63, 3.8) is 0 Å². The van der Waals surface area contributed by atoms with E-state index in [1.165, 1.54) is 50.0 Å². The fourth-order valence-electron chi connectivity index (χ4n) is 4.85. The van der Waals surface area contributed by atoms with Crippen LogP contribution in [0, 0.1) is 5.92 Å². The summed E-state index contributed by atoms with van der Waals surface area (Å²) in [6.45, 7) is 7.46. The van der Waals surface area contributed by atoms with Crippen molar-refractivity contribution < 1.29 is 8.42 Å². The molecule has 1 aliphatic rings. The highest BCUT2D eigenvalue weighted by molar-refractivity contribution is 7.89. The van der Waals surface area contributed by atoms with E-state index in [4.69, 9.17) is 10.1 Å². The van der Waals surface area contributed by atoms with Crippen molar-refractivity contribution in [2.75, 3.05) is 25.4 Å². The Morgan fingerprint density at radius 3 is 2.50 bits per heavy atom. The lowest BCUT2D eigenvalue weighted by Gasteiger charge is -2.13. The van der Waals surface area contributed by atoms with Crippen molar-refractivity contribution in [3.05, 3.63) is 71.8 Å². The molecule has 0 N–H and O–H groups in total. The molecule has 1 aromatic carbocycles. The fraction of sp³-hybridized carbons (Fsp3) is 0.444. The zero-order valence-electron chi connectivity index (χ0n) is 21.0. The van der Waals surface area contributed by atoms with Crippen LogP contribution in [0.3, 0.4) is 0 Å². The van der Waals surface area contributed by atoms with Gasteiger partial charge < -0.3 is 4.90 Å². The van der Waals surface area contributed by atoms with Gasteiger partial charge in [-0.2, -0.15) is 14.3 Å². The molecule has 3 aromatic heterocycles. The van der Waals surface area contributed by atoms with Crippen LogP contribution in [0.25, 0.3) is 16.9 Å². The molecule has 9 heteroatoms. The van der Waals surface area contributed by atoms with Crippen LogP contribution in [0.4, 0.5) is 0 Å². The van der Waals surface area contributed by atoms with Gasteiger partial charge in [0.1, 0.15) is 0 Å². The highest BCUT2D eigenvalue weighted by atomic mass is 32.2. The van der Waals surface area contributed by atoms with Gasteiger partial charge in [-0.15, -0.1) is 0 Å². The number of aryl methyl sites for hydroxylation is 1. The highest BCUT2D eigenvalue weighted by Crippen LogP contribution is 2.21. The summed E-state index contributed by atoms with van der Waals surface area (Å²) < 4.78 is 28.0. The third-order valence-corrected chi connectivity index (χ3v) is 8.47. The molecule has 4 heterocycles. The van der Waals surface area contributed by atoms with E-state index >= 15 is 0 Å². The Kier molecular flexibility index (Phi) is 7.20. The normalized spacial score (nSPS) is 14.9. The van der Waals surface area contributed by atoms with Crippen molar-refractivity contribution in [2.24, 2.45) is 5.92 Å². The molecule has 8 nitrogen and oxygen atoms in total. The Labute approximate surface area is 213 Å². The molecule has 0 bridgehead atoms. The van der Waals surface area contributed by atoms with Crippen LogP contribution in [0.5, 0.6) is 0 Å². The SMILES string of the molecule is CC(C)CS(=O)(=O)n1cc(-c2cccc3nc(Cc4ccc(CCCN5CCCC5)cc4)nn23)cn1. The van der Waals surface area contributed by atoms with Gasteiger partial charge >= 0.3 is 0 Å². The topological polar surface area (TPSA) is 85.4 Å². The zero-order chi connectivity index (χ0) is 25.1. The van der Waals surface area contributed by atoms with Crippen LogP contribution in [-0.4, -0.2) is 62.5 Å². The van der Waals surface area contributed by atoms with Crippen LogP contribution in [0.1, 0.15) is 50.1 Å². The Morgan fingerprint density at radius 2 is 1.75 bits per heavy atom. The van der Waals surface area contributed by atoms with Gasteiger partial charge in [0.25, 0.3) is 10.0 Å². The molecule has 5 rings (SSSR count). The monoisotopic (exact) mass is 506 g/mol. The van der Waals surface area contributed by atoms with Gasteiger partial charge in [-0.05, 0) is 74.5 Å². The van der Waals surface area contributed by atoms with E-state index < -0.39 is 10.0 Å². The van der Waals surface area contributed by atoms with Gasteiger partial charge in [-0.25, -0.2) is 17.9 Å². The first-order valence-electron chi connectivity index (χ1n) is 12.8. The summed E-state index contributed by atoms with van der Waals surface area (Å²) in [6.07, 6.45) is 8.75. The van der Waals surface area contributed by atoms with E-state index in [1.807, 2.05) is 32.0 Å². The number of rotatable bonds is 10. The van der Waals surface area contributed by atoms with Crippen molar-refractivity contribution in [1.82, 2.24) is 28.7 Å². The number of hydrogen-bond donors (Lipinski definition) is 0. The summed E-state index contributed by atoms with van der Waals surface area (Å²) in [5.41, 5.74) is 4.70. The molecule has 36 heavy (non-hydrogen) atoms. The van der Waals surface area contributed by atoms with Gasteiger partial charge in [0, 0.05) is 12.0 Å². The lowest BCUT2D eigenvalue weighted by atomic mass is 10.1. The molecule has 0 saturated carbocycles. The van der Waals surface area contributed by atoms with E-state index in [0.29, 0.717) is 12.0 Å². The maximum absolute atomic E-state index is 12.6. The second kappa shape index (κ2) is 10.5. The van der Waals surface area contributed by atoms with Gasteiger partial charge in [-0.1, -0.05) is 44.2 Å². The minimum absolute atomic E-state index is 0.0212. The van der Waals surface area contributed by atoms with E-state index in [-0.39, 0.29) is 11.7 Å². The molecule has 1 aliphatic heterocycles. The third kappa shape index (κ3) is 5.68. The molecular weight excluding hydrogens is 472 g/mol. The van der Waals surface area contributed by atoms with Crippen molar-refractivity contribution >= 4 is 15.7 Å². The zero-order valence-corrected chi connectivity index (χ0v) is 21.9. The number of nitrogens with zero attached hydrogens (tertiary/aromatic N) is 6. The van der Waals surface area contributed by atoms with Gasteiger partial charge in [0.15, 0.2) is 11.5 Å². The minimum Gasteiger partial charge on any atom is -0.303 e. The summed E-state index contributed by atoms with van der Waals surface area (Å²) in [4.78, 5) is 7.27. The third-order valence-electron chi connectivity index (χ3n) is 6.61. The summed E-state index contributed by atoms with van der Waals surface area (Å²) in [6, 6.07) is 14.5. The molecule has 1 saturated heterocycles. The number of aromatic nitrogens is 5. The van der Waals surface area contributed by atoms with E-state index in [9.17, 15) is 8.42 Å². The van der Waals surface area contributed by atoms with Crippen LogP contribution >= 0.6 is 0 Å². The Bertz CT molecular complexity index is 1420. The summed E-state index contributed by atoms with van der Waals surface area (Å²) >= 11 is 0. The van der Waals surface area contributed by atoms with Crippen LogP contribution in [0.15, 0.2) is 54.9 Å². The fourth-order valence-corrected chi connectivity index (χ4v) is 6.31.